The normalized spacial score (nSPS) is 16.3. The number of benzene rings is 1. The van der Waals surface area contributed by atoms with E-state index in [1.165, 1.54) is 6.33 Å². The van der Waals surface area contributed by atoms with Crippen molar-refractivity contribution in [2.45, 2.75) is 20.3 Å². The fourth-order valence-corrected chi connectivity index (χ4v) is 3.78. The van der Waals surface area contributed by atoms with E-state index >= 15 is 0 Å². The third kappa shape index (κ3) is 4.04. The summed E-state index contributed by atoms with van der Waals surface area (Å²) in [5.41, 5.74) is 2.59. The molecular formula is C20H19BrN6O2. The van der Waals surface area contributed by atoms with Crippen molar-refractivity contribution in [3.8, 4) is 5.82 Å². The van der Waals surface area contributed by atoms with Crippen LogP contribution in [0.3, 0.4) is 0 Å². The number of hydrogen-bond acceptors (Lipinski definition) is 5. The smallest absolute Gasteiger partial charge is 0.230 e. The highest BCUT2D eigenvalue weighted by Gasteiger charge is 2.35. The Morgan fingerprint density at radius 2 is 2.03 bits per heavy atom. The quantitative estimate of drug-likeness (QED) is 0.653. The largest absolute Gasteiger partial charge is 0.312 e. The van der Waals surface area contributed by atoms with Gasteiger partial charge in [-0.25, -0.2) is 14.6 Å². The summed E-state index contributed by atoms with van der Waals surface area (Å²) in [6.07, 6.45) is 1.54. The first-order valence-corrected chi connectivity index (χ1v) is 9.92. The molecule has 4 rings (SSSR count). The van der Waals surface area contributed by atoms with Crippen molar-refractivity contribution in [1.82, 2.24) is 19.7 Å². The number of amides is 2. The second-order valence-corrected chi connectivity index (χ2v) is 7.89. The molecule has 2 aromatic heterocycles. The maximum absolute atomic E-state index is 12.7. The standard InChI is InChI=1S/C20H19BrN6O2/c1-12-6-13(2)27(25-12)18-9-17(22-11-23-18)24-20(29)14-7-19(28)26(10-14)16-5-3-4-15(21)8-16/h3-6,8-9,11,14H,7,10H2,1-2H3,(H,22,23,24,29). The summed E-state index contributed by atoms with van der Waals surface area (Å²) in [5, 5.41) is 7.20. The van der Waals surface area contributed by atoms with E-state index in [1.807, 2.05) is 44.2 Å². The third-order valence-electron chi connectivity index (χ3n) is 4.75. The van der Waals surface area contributed by atoms with E-state index in [0.717, 1.165) is 21.5 Å². The van der Waals surface area contributed by atoms with Crippen LogP contribution in [0.4, 0.5) is 11.5 Å². The van der Waals surface area contributed by atoms with Crippen molar-refractivity contribution in [1.29, 1.82) is 0 Å². The second kappa shape index (κ2) is 7.75. The Morgan fingerprint density at radius 3 is 2.76 bits per heavy atom. The summed E-state index contributed by atoms with van der Waals surface area (Å²) >= 11 is 3.41. The van der Waals surface area contributed by atoms with Crippen LogP contribution in [0.15, 0.2) is 47.2 Å². The Bertz CT molecular complexity index is 1100. The number of aryl methyl sites for hydroxylation is 2. The molecule has 1 aromatic carbocycles. The highest BCUT2D eigenvalue weighted by Crippen LogP contribution is 2.28. The van der Waals surface area contributed by atoms with Gasteiger partial charge in [-0.15, -0.1) is 0 Å². The van der Waals surface area contributed by atoms with E-state index in [9.17, 15) is 9.59 Å². The molecule has 3 aromatic rings. The fourth-order valence-electron chi connectivity index (χ4n) is 3.40. The molecular weight excluding hydrogens is 436 g/mol. The Hall–Kier alpha value is -3.07. The molecule has 0 spiro atoms. The Labute approximate surface area is 176 Å². The molecule has 1 aliphatic heterocycles. The van der Waals surface area contributed by atoms with Crippen LogP contribution < -0.4 is 10.2 Å². The lowest BCUT2D eigenvalue weighted by molar-refractivity contribution is -0.122. The van der Waals surface area contributed by atoms with E-state index in [2.05, 4.69) is 36.3 Å². The zero-order valence-electron chi connectivity index (χ0n) is 16.0. The van der Waals surface area contributed by atoms with Crippen molar-refractivity contribution in [3.63, 3.8) is 0 Å². The molecule has 9 heteroatoms. The summed E-state index contributed by atoms with van der Waals surface area (Å²) in [6.45, 7) is 4.17. The number of carbonyl (C=O) groups is 2. The minimum atomic E-state index is -0.450. The SMILES string of the molecule is Cc1cc(C)n(-c2cc(NC(=O)C3CC(=O)N(c4cccc(Br)c4)C3)ncn2)n1. The van der Waals surface area contributed by atoms with Gasteiger partial charge in [-0.2, -0.15) is 5.10 Å². The van der Waals surface area contributed by atoms with E-state index in [0.29, 0.717) is 18.2 Å². The summed E-state index contributed by atoms with van der Waals surface area (Å²) in [4.78, 5) is 35.2. The molecule has 1 saturated heterocycles. The summed E-state index contributed by atoms with van der Waals surface area (Å²) in [5.74, 6) is 0.178. The second-order valence-electron chi connectivity index (χ2n) is 6.97. The third-order valence-corrected chi connectivity index (χ3v) is 5.24. The van der Waals surface area contributed by atoms with Crippen LogP contribution in [0.5, 0.6) is 0 Å². The molecule has 0 bridgehead atoms. The zero-order valence-corrected chi connectivity index (χ0v) is 17.5. The summed E-state index contributed by atoms with van der Waals surface area (Å²) < 4.78 is 2.58. The van der Waals surface area contributed by atoms with E-state index < -0.39 is 5.92 Å². The van der Waals surface area contributed by atoms with Crippen LogP contribution in [0.1, 0.15) is 17.8 Å². The Morgan fingerprint density at radius 1 is 1.21 bits per heavy atom. The molecule has 29 heavy (non-hydrogen) atoms. The van der Waals surface area contributed by atoms with Crippen LogP contribution in [-0.4, -0.2) is 38.1 Å². The predicted octanol–water partition coefficient (Wildman–Crippen LogP) is 3.03. The molecule has 8 nitrogen and oxygen atoms in total. The lowest BCUT2D eigenvalue weighted by atomic mass is 10.1. The minimum Gasteiger partial charge on any atom is -0.312 e. The lowest BCUT2D eigenvalue weighted by Gasteiger charge is -2.17. The molecule has 0 aliphatic carbocycles. The number of rotatable bonds is 4. The number of nitrogens with zero attached hydrogens (tertiary/aromatic N) is 5. The van der Waals surface area contributed by atoms with Crippen molar-refractivity contribution in [3.05, 3.63) is 58.6 Å². The van der Waals surface area contributed by atoms with Crippen molar-refractivity contribution in [2.75, 3.05) is 16.8 Å². The van der Waals surface area contributed by atoms with E-state index in [-0.39, 0.29) is 18.2 Å². The molecule has 148 valence electrons. The number of anilines is 2. The molecule has 1 N–H and O–H groups in total. The highest BCUT2D eigenvalue weighted by molar-refractivity contribution is 9.10. The molecule has 1 fully saturated rings. The van der Waals surface area contributed by atoms with Crippen LogP contribution in [0.25, 0.3) is 5.82 Å². The molecule has 1 aliphatic rings. The molecule has 3 heterocycles. The van der Waals surface area contributed by atoms with Gasteiger partial charge in [0.05, 0.1) is 11.6 Å². The maximum Gasteiger partial charge on any atom is 0.230 e. The van der Waals surface area contributed by atoms with Crippen LogP contribution in [0, 0.1) is 19.8 Å². The van der Waals surface area contributed by atoms with Gasteiger partial charge in [-0.05, 0) is 38.1 Å². The van der Waals surface area contributed by atoms with Crippen molar-refractivity contribution >= 4 is 39.2 Å². The van der Waals surface area contributed by atoms with Gasteiger partial charge in [0, 0.05) is 34.9 Å². The van der Waals surface area contributed by atoms with Crippen LogP contribution >= 0.6 is 15.9 Å². The lowest BCUT2D eigenvalue weighted by Crippen LogP contribution is -2.28. The number of halogens is 1. The Balaban J connectivity index is 1.48. The molecule has 0 radical (unpaired) electrons. The molecule has 1 unspecified atom stereocenters. The van der Waals surface area contributed by atoms with Gasteiger partial charge in [0.25, 0.3) is 0 Å². The summed E-state index contributed by atoms with van der Waals surface area (Å²) in [7, 11) is 0. The van der Waals surface area contributed by atoms with Gasteiger partial charge in [-0.3, -0.25) is 9.59 Å². The van der Waals surface area contributed by atoms with Gasteiger partial charge in [0.1, 0.15) is 12.1 Å². The highest BCUT2D eigenvalue weighted by atomic mass is 79.9. The first kappa shape index (κ1) is 19.3. The zero-order chi connectivity index (χ0) is 20.5. The molecule has 1 atom stereocenters. The van der Waals surface area contributed by atoms with Gasteiger partial charge < -0.3 is 10.2 Å². The monoisotopic (exact) mass is 454 g/mol. The number of hydrogen-bond donors (Lipinski definition) is 1. The van der Waals surface area contributed by atoms with Crippen molar-refractivity contribution in [2.24, 2.45) is 5.92 Å². The maximum atomic E-state index is 12.7. The van der Waals surface area contributed by atoms with Crippen LogP contribution in [0.2, 0.25) is 0 Å². The van der Waals surface area contributed by atoms with Crippen LogP contribution in [-0.2, 0) is 9.59 Å². The average molecular weight is 455 g/mol. The first-order chi connectivity index (χ1) is 13.9. The summed E-state index contributed by atoms with van der Waals surface area (Å²) in [6, 6.07) is 11.1. The average Bonchev–Trinajstić information content (AvgIpc) is 3.24. The predicted molar refractivity (Wildman–Crippen MR) is 112 cm³/mol. The number of aromatic nitrogens is 4. The van der Waals surface area contributed by atoms with Gasteiger partial charge in [-0.1, -0.05) is 22.0 Å². The molecule has 2 amide bonds. The van der Waals surface area contributed by atoms with Crippen molar-refractivity contribution < 1.29 is 9.59 Å². The topological polar surface area (TPSA) is 93.0 Å². The first-order valence-electron chi connectivity index (χ1n) is 9.13. The Kier molecular flexibility index (Phi) is 5.14. The van der Waals surface area contributed by atoms with E-state index in [1.54, 1.807) is 15.6 Å². The van der Waals surface area contributed by atoms with E-state index in [4.69, 9.17) is 0 Å². The number of carbonyl (C=O) groups excluding carboxylic acids is 2. The minimum absolute atomic E-state index is 0.0748. The van der Waals surface area contributed by atoms with Gasteiger partial charge >= 0.3 is 0 Å². The molecule has 0 saturated carbocycles. The number of nitrogens with one attached hydrogen (secondary N) is 1. The van der Waals surface area contributed by atoms with Gasteiger partial charge in [0.2, 0.25) is 11.8 Å². The van der Waals surface area contributed by atoms with Gasteiger partial charge in [0.15, 0.2) is 5.82 Å². The fraction of sp³-hybridized carbons (Fsp3) is 0.250.